The van der Waals surface area contributed by atoms with E-state index in [0.717, 1.165) is 36.4 Å². The summed E-state index contributed by atoms with van der Waals surface area (Å²) in [4.78, 5) is 13.8. The van der Waals surface area contributed by atoms with Gasteiger partial charge in [0.25, 0.3) is 0 Å². The highest BCUT2D eigenvalue weighted by molar-refractivity contribution is 5.73. The van der Waals surface area contributed by atoms with Crippen molar-refractivity contribution in [3.63, 3.8) is 0 Å². The molecule has 5 nitrogen and oxygen atoms in total. The number of ether oxygens (including phenoxy) is 2. The van der Waals surface area contributed by atoms with Gasteiger partial charge in [0.2, 0.25) is 0 Å². The number of fused-ring (bicyclic) bond motifs is 1. The SMILES string of the molecule is CCC(CC)CNC(=O)N(C)Cc1ccc2c(c1)OCCO2. The lowest BCUT2D eigenvalue weighted by Crippen LogP contribution is -2.39. The molecule has 0 spiro atoms. The van der Waals surface area contributed by atoms with Crippen LogP contribution in [0.5, 0.6) is 11.5 Å². The summed E-state index contributed by atoms with van der Waals surface area (Å²) < 4.78 is 11.1. The molecular weight excluding hydrogens is 280 g/mol. The van der Waals surface area contributed by atoms with Gasteiger partial charge < -0.3 is 19.7 Å². The highest BCUT2D eigenvalue weighted by Gasteiger charge is 2.15. The number of carbonyl (C=O) groups is 1. The molecule has 122 valence electrons. The third-order valence-corrected chi connectivity index (χ3v) is 4.07. The number of urea groups is 1. The minimum Gasteiger partial charge on any atom is -0.486 e. The highest BCUT2D eigenvalue weighted by atomic mass is 16.6. The average molecular weight is 306 g/mol. The van der Waals surface area contributed by atoms with Crippen LogP contribution >= 0.6 is 0 Å². The topological polar surface area (TPSA) is 50.8 Å². The molecule has 1 aliphatic heterocycles. The van der Waals surface area contributed by atoms with Gasteiger partial charge in [-0.2, -0.15) is 0 Å². The summed E-state index contributed by atoms with van der Waals surface area (Å²) in [6, 6.07) is 5.78. The molecular formula is C17H26N2O3. The third-order valence-electron chi connectivity index (χ3n) is 4.07. The van der Waals surface area contributed by atoms with Crippen molar-refractivity contribution in [2.75, 3.05) is 26.8 Å². The van der Waals surface area contributed by atoms with Crippen molar-refractivity contribution in [1.82, 2.24) is 10.2 Å². The van der Waals surface area contributed by atoms with Gasteiger partial charge in [0.15, 0.2) is 11.5 Å². The molecule has 0 saturated heterocycles. The van der Waals surface area contributed by atoms with Gasteiger partial charge in [0.05, 0.1) is 0 Å². The Morgan fingerprint density at radius 2 is 1.91 bits per heavy atom. The van der Waals surface area contributed by atoms with E-state index in [2.05, 4.69) is 19.2 Å². The first-order valence-corrected chi connectivity index (χ1v) is 8.01. The zero-order chi connectivity index (χ0) is 15.9. The third kappa shape index (κ3) is 4.29. The van der Waals surface area contributed by atoms with Crippen molar-refractivity contribution in [2.45, 2.75) is 33.2 Å². The van der Waals surface area contributed by atoms with E-state index in [1.54, 1.807) is 11.9 Å². The fourth-order valence-corrected chi connectivity index (χ4v) is 2.48. The molecule has 0 aliphatic carbocycles. The van der Waals surface area contributed by atoms with Crippen LogP contribution in [0.4, 0.5) is 4.79 Å². The Kier molecular flexibility index (Phi) is 5.92. The van der Waals surface area contributed by atoms with Gasteiger partial charge in [0, 0.05) is 20.1 Å². The fraction of sp³-hybridized carbons (Fsp3) is 0.588. The maximum Gasteiger partial charge on any atom is 0.317 e. The molecule has 0 aromatic heterocycles. The minimum atomic E-state index is -0.0400. The maximum absolute atomic E-state index is 12.1. The van der Waals surface area contributed by atoms with Crippen molar-refractivity contribution in [3.05, 3.63) is 23.8 Å². The van der Waals surface area contributed by atoms with Crippen LogP contribution in [-0.4, -0.2) is 37.7 Å². The first-order valence-electron chi connectivity index (χ1n) is 8.01. The summed E-state index contributed by atoms with van der Waals surface area (Å²) in [5, 5.41) is 3.00. The van der Waals surface area contributed by atoms with Gasteiger partial charge in [-0.1, -0.05) is 32.8 Å². The van der Waals surface area contributed by atoms with E-state index >= 15 is 0 Å². The number of nitrogens with one attached hydrogen (secondary N) is 1. The Morgan fingerprint density at radius 1 is 1.23 bits per heavy atom. The Hall–Kier alpha value is -1.91. The van der Waals surface area contributed by atoms with Crippen LogP contribution in [0.3, 0.4) is 0 Å². The van der Waals surface area contributed by atoms with Crippen molar-refractivity contribution in [1.29, 1.82) is 0 Å². The summed E-state index contributed by atoms with van der Waals surface area (Å²) in [7, 11) is 1.80. The number of hydrogen-bond acceptors (Lipinski definition) is 3. The number of amides is 2. The number of benzene rings is 1. The molecule has 0 saturated carbocycles. The predicted molar refractivity (Wildman–Crippen MR) is 86.4 cm³/mol. The van der Waals surface area contributed by atoms with Crippen molar-refractivity contribution in [3.8, 4) is 11.5 Å². The quantitative estimate of drug-likeness (QED) is 0.879. The monoisotopic (exact) mass is 306 g/mol. The second kappa shape index (κ2) is 7.92. The smallest absolute Gasteiger partial charge is 0.317 e. The molecule has 2 amide bonds. The molecule has 0 bridgehead atoms. The lowest BCUT2D eigenvalue weighted by atomic mass is 10.0. The van der Waals surface area contributed by atoms with Crippen molar-refractivity contribution < 1.29 is 14.3 Å². The average Bonchev–Trinajstić information content (AvgIpc) is 2.55. The van der Waals surface area contributed by atoms with Gasteiger partial charge in [-0.25, -0.2) is 4.79 Å². The van der Waals surface area contributed by atoms with Crippen LogP contribution in [0.15, 0.2) is 18.2 Å². The zero-order valence-electron chi connectivity index (χ0n) is 13.7. The lowest BCUT2D eigenvalue weighted by Gasteiger charge is -2.22. The second-order valence-electron chi connectivity index (χ2n) is 5.70. The molecule has 0 unspecified atom stereocenters. The summed E-state index contributed by atoms with van der Waals surface area (Å²) in [5.74, 6) is 2.08. The predicted octanol–water partition coefficient (Wildman–Crippen LogP) is 3.04. The summed E-state index contributed by atoms with van der Waals surface area (Å²) in [6.45, 7) is 6.74. The summed E-state index contributed by atoms with van der Waals surface area (Å²) in [5.41, 5.74) is 1.03. The van der Waals surface area contributed by atoms with E-state index in [1.807, 2.05) is 18.2 Å². The molecule has 2 rings (SSSR count). The Balaban J connectivity index is 1.88. The van der Waals surface area contributed by atoms with E-state index in [0.29, 0.717) is 25.7 Å². The molecule has 1 N–H and O–H groups in total. The molecule has 0 radical (unpaired) electrons. The van der Waals surface area contributed by atoms with Crippen LogP contribution in [0.2, 0.25) is 0 Å². The fourth-order valence-electron chi connectivity index (χ4n) is 2.48. The lowest BCUT2D eigenvalue weighted by molar-refractivity contribution is 0.171. The van der Waals surface area contributed by atoms with Gasteiger partial charge >= 0.3 is 6.03 Å². The van der Waals surface area contributed by atoms with E-state index in [4.69, 9.17) is 9.47 Å². The second-order valence-corrected chi connectivity index (χ2v) is 5.70. The molecule has 1 aromatic carbocycles. The molecule has 0 atom stereocenters. The minimum absolute atomic E-state index is 0.0400. The van der Waals surface area contributed by atoms with Crippen molar-refractivity contribution >= 4 is 6.03 Å². The van der Waals surface area contributed by atoms with Gasteiger partial charge in [0.1, 0.15) is 13.2 Å². The Labute approximate surface area is 132 Å². The van der Waals surface area contributed by atoms with Crippen LogP contribution < -0.4 is 14.8 Å². The van der Waals surface area contributed by atoms with E-state index in [1.165, 1.54) is 0 Å². The molecule has 0 fully saturated rings. The van der Waals surface area contributed by atoms with Crippen LogP contribution in [0.25, 0.3) is 0 Å². The molecule has 1 aromatic rings. The molecule has 1 aliphatic rings. The largest absolute Gasteiger partial charge is 0.486 e. The summed E-state index contributed by atoms with van der Waals surface area (Å²) in [6.07, 6.45) is 2.17. The Morgan fingerprint density at radius 3 is 2.59 bits per heavy atom. The normalized spacial score (nSPS) is 13.1. The van der Waals surface area contributed by atoms with Gasteiger partial charge in [-0.3, -0.25) is 0 Å². The number of carbonyl (C=O) groups excluding carboxylic acids is 1. The van der Waals surface area contributed by atoms with Gasteiger partial charge in [-0.15, -0.1) is 0 Å². The van der Waals surface area contributed by atoms with Crippen LogP contribution in [0.1, 0.15) is 32.3 Å². The standard InChI is InChI=1S/C17H26N2O3/c1-4-13(5-2)11-18-17(20)19(3)12-14-6-7-15-16(10-14)22-9-8-21-15/h6-7,10,13H,4-5,8-9,11-12H2,1-3H3,(H,18,20). The number of hydrogen-bond donors (Lipinski definition) is 1. The number of rotatable bonds is 6. The highest BCUT2D eigenvalue weighted by Crippen LogP contribution is 2.30. The first kappa shape index (κ1) is 16.5. The van der Waals surface area contributed by atoms with Crippen LogP contribution in [0, 0.1) is 5.92 Å². The molecule has 1 heterocycles. The van der Waals surface area contributed by atoms with E-state index < -0.39 is 0 Å². The zero-order valence-corrected chi connectivity index (χ0v) is 13.7. The van der Waals surface area contributed by atoms with E-state index in [-0.39, 0.29) is 6.03 Å². The van der Waals surface area contributed by atoms with Crippen molar-refractivity contribution in [2.24, 2.45) is 5.92 Å². The molecule has 5 heteroatoms. The maximum atomic E-state index is 12.1. The van der Waals surface area contributed by atoms with Crippen LogP contribution in [-0.2, 0) is 6.54 Å². The first-order chi connectivity index (χ1) is 10.6. The Bertz CT molecular complexity index is 501. The number of nitrogens with zero attached hydrogens (tertiary/aromatic N) is 1. The summed E-state index contributed by atoms with van der Waals surface area (Å²) >= 11 is 0. The molecule has 22 heavy (non-hydrogen) atoms. The van der Waals surface area contributed by atoms with E-state index in [9.17, 15) is 4.79 Å². The van der Waals surface area contributed by atoms with Gasteiger partial charge in [-0.05, 0) is 23.6 Å².